The van der Waals surface area contributed by atoms with Crippen LogP contribution in [0.2, 0.25) is 0 Å². The van der Waals surface area contributed by atoms with Gasteiger partial charge in [-0.25, -0.2) is 0 Å². The molecule has 0 spiro atoms. The third-order valence-corrected chi connectivity index (χ3v) is 8.06. The van der Waals surface area contributed by atoms with E-state index >= 15 is 0 Å². The summed E-state index contributed by atoms with van der Waals surface area (Å²) < 4.78 is 31.4. The van der Waals surface area contributed by atoms with Crippen molar-refractivity contribution in [3.63, 3.8) is 0 Å². The molecule has 1 aliphatic heterocycles. The fourth-order valence-corrected chi connectivity index (χ4v) is 5.78. The summed E-state index contributed by atoms with van der Waals surface area (Å²) in [7, 11) is 3.88. The van der Waals surface area contributed by atoms with Crippen LogP contribution >= 0.6 is 0 Å². The number of nitrogens with zero attached hydrogens (tertiary/aromatic N) is 2. The van der Waals surface area contributed by atoms with Crippen molar-refractivity contribution < 1.29 is 62.0 Å². The van der Waals surface area contributed by atoms with Gasteiger partial charge in [0.1, 0.15) is 0 Å². The first-order valence-electron chi connectivity index (χ1n) is 18.3. The Labute approximate surface area is 336 Å². The number of ether oxygens (including phenoxy) is 6. The van der Waals surface area contributed by atoms with Crippen molar-refractivity contribution >= 4 is 41.6 Å². The second kappa shape index (κ2) is 22.7. The van der Waals surface area contributed by atoms with E-state index in [2.05, 4.69) is 10.6 Å². The molecule has 17 heteroatoms. The number of nitrogens with one attached hydrogen (secondary N) is 2. The van der Waals surface area contributed by atoms with Crippen molar-refractivity contribution in [2.45, 2.75) is 60.7 Å². The summed E-state index contributed by atoms with van der Waals surface area (Å²) in [5.41, 5.74) is 1.54. The van der Waals surface area contributed by atoms with Crippen molar-refractivity contribution in [2.75, 3.05) is 46.8 Å². The molecule has 0 radical (unpaired) electrons. The predicted octanol–water partition coefficient (Wildman–Crippen LogP) is 3.23. The number of benzene rings is 3. The maximum Gasteiger partial charge on any atom is 0.308 e. The number of hydrogen-bond acceptors (Lipinski definition) is 17. The maximum atomic E-state index is 14.3. The number of piperazine rings is 1. The van der Waals surface area contributed by atoms with Crippen LogP contribution in [0.3, 0.4) is 0 Å². The monoisotopic (exact) mass is 806 g/mol. The molecule has 3 aromatic carbocycles. The van der Waals surface area contributed by atoms with E-state index in [4.69, 9.17) is 28.4 Å². The molecule has 0 aliphatic carbocycles. The Morgan fingerprint density at radius 3 is 1.31 bits per heavy atom. The van der Waals surface area contributed by atoms with Crippen LogP contribution in [-0.4, -0.2) is 104 Å². The molecule has 1 fully saturated rings. The summed E-state index contributed by atoms with van der Waals surface area (Å²) in [5, 5.41) is 6.01. The third-order valence-electron chi connectivity index (χ3n) is 8.06. The van der Waals surface area contributed by atoms with Gasteiger partial charge in [-0.3, -0.25) is 43.4 Å². The zero-order valence-corrected chi connectivity index (χ0v) is 33.9. The summed E-state index contributed by atoms with van der Waals surface area (Å²) in [6, 6.07) is 13.0. The molecule has 1 unspecified atom stereocenters. The Bertz CT molecular complexity index is 1980. The number of carbonyl (C=O) groups is 7. The summed E-state index contributed by atoms with van der Waals surface area (Å²) >= 11 is 0. The second-order valence-corrected chi connectivity index (χ2v) is 13.1. The number of carbonyl (C=O) groups excluding carboxylic acids is 7. The molecular weight excluding hydrogens is 756 g/mol. The molecule has 4 rings (SSSR count). The molecule has 1 atom stereocenters. The van der Waals surface area contributed by atoms with Gasteiger partial charge in [-0.2, -0.15) is 0 Å². The lowest BCUT2D eigenvalue weighted by atomic mass is 9.98. The molecule has 3 aromatic rings. The normalized spacial score (nSPS) is 13.9. The van der Waals surface area contributed by atoms with E-state index in [0.717, 1.165) is 13.1 Å². The van der Waals surface area contributed by atoms with E-state index in [-0.39, 0.29) is 58.9 Å². The average Bonchev–Trinajstić information content (AvgIpc) is 3.13. The first-order chi connectivity index (χ1) is 27.5. The minimum absolute atomic E-state index is 0.0342. The van der Waals surface area contributed by atoms with E-state index in [0.29, 0.717) is 30.8 Å². The van der Waals surface area contributed by atoms with Gasteiger partial charge >= 0.3 is 35.8 Å². The fourth-order valence-electron chi connectivity index (χ4n) is 5.78. The van der Waals surface area contributed by atoms with Crippen LogP contribution in [0.15, 0.2) is 54.6 Å². The van der Waals surface area contributed by atoms with Gasteiger partial charge in [-0.1, -0.05) is 12.1 Å². The Hall–Kier alpha value is -6.01. The van der Waals surface area contributed by atoms with Crippen molar-refractivity contribution in [3.8, 4) is 34.5 Å². The summed E-state index contributed by atoms with van der Waals surface area (Å²) in [6.07, 6.45) is 0. The Morgan fingerprint density at radius 2 is 0.897 bits per heavy atom. The number of ketones is 1. The van der Waals surface area contributed by atoms with Crippen LogP contribution in [0.25, 0.3) is 0 Å². The van der Waals surface area contributed by atoms with Gasteiger partial charge in [0, 0.05) is 92.9 Å². The van der Waals surface area contributed by atoms with Crippen molar-refractivity contribution in [1.29, 1.82) is 0 Å². The molecule has 0 saturated carbocycles. The van der Waals surface area contributed by atoms with Gasteiger partial charge in [-0.15, -0.1) is 0 Å². The van der Waals surface area contributed by atoms with Gasteiger partial charge in [-0.05, 0) is 67.7 Å². The number of Topliss-reactive ketones (excluding diaryl/α,β-unsaturated/α-hetero) is 1. The van der Waals surface area contributed by atoms with Gasteiger partial charge < -0.3 is 39.1 Å². The summed E-state index contributed by atoms with van der Waals surface area (Å²) in [4.78, 5) is 88.7. The van der Waals surface area contributed by atoms with Crippen molar-refractivity contribution in [1.82, 2.24) is 20.4 Å². The maximum absolute atomic E-state index is 14.3. The van der Waals surface area contributed by atoms with Crippen LogP contribution in [0.1, 0.15) is 63.0 Å². The Balaban J connectivity index is 0.00000139. The van der Waals surface area contributed by atoms with Crippen LogP contribution in [0.4, 0.5) is 0 Å². The van der Waals surface area contributed by atoms with Crippen LogP contribution in [-0.2, 0) is 41.9 Å². The first kappa shape index (κ1) is 46.4. The highest BCUT2D eigenvalue weighted by Crippen LogP contribution is 2.33. The number of hydrogen-bond donors (Lipinski definition) is 2. The van der Waals surface area contributed by atoms with Crippen LogP contribution in [0, 0.1) is 0 Å². The molecule has 0 aromatic heterocycles. The lowest BCUT2D eigenvalue weighted by molar-refractivity contribution is -0.134. The summed E-state index contributed by atoms with van der Waals surface area (Å²) in [6.45, 7) is 11.0. The molecule has 312 valence electrons. The number of esters is 6. The summed E-state index contributed by atoms with van der Waals surface area (Å²) in [5.74, 6) is -3.97. The van der Waals surface area contributed by atoms with Crippen LogP contribution in [0.5, 0.6) is 34.5 Å². The minimum atomic E-state index is -0.780. The second-order valence-electron chi connectivity index (χ2n) is 13.1. The van der Waals surface area contributed by atoms with Crippen LogP contribution < -0.4 is 39.1 Å². The van der Waals surface area contributed by atoms with E-state index < -0.39 is 41.9 Å². The standard InChI is InChI=1S/C37H38N2O13.C4H12N2/c1-21(40)47-31-10-7-27(15-34(31)50-24(4)43)18-38-13-14-39(19-28-8-11-32(48-22(2)41)35(16-28)51-25(5)44)30(20-38)37(46)29-9-12-33(49-23(3)42)36(17-29)52-26(6)45;1-5-3-4-6-2/h7-12,15-17,30H,13-14,18-20H2,1-6H3;5-6H,3-4H2,1-2H3. The molecule has 58 heavy (non-hydrogen) atoms. The van der Waals surface area contributed by atoms with E-state index in [1.54, 1.807) is 24.3 Å². The zero-order chi connectivity index (χ0) is 42.9. The van der Waals surface area contributed by atoms with Gasteiger partial charge in [0.05, 0.1) is 6.04 Å². The molecule has 1 heterocycles. The average molecular weight is 807 g/mol. The van der Waals surface area contributed by atoms with E-state index in [1.165, 1.54) is 71.9 Å². The molecule has 17 nitrogen and oxygen atoms in total. The smallest absolute Gasteiger partial charge is 0.308 e. The molecular formula is C41H50N4O13. The van der Waals surface area contributed by atoms with Crippen molar-refractivity contribution in [2.24, 2.45) is 0 Å². The minimum Gasteiger partial charge on any atom is -0.423 e. The van der Waals surface area contributed by atoms with Crippen molar-refractivity contribution in [3.05, 3.63) is 71.3 Å². The topological polar surface area (TPSA) is 205 Å². The SMILES string of the molecule is CC(=O)Oc1ccc(CN2CCN(Cc3ccc(OC(C)=O)c(OC(C)=O)c3)C(C(=O)c3ccc(OC(C)=O)c(OC(C)=O)c3)C2)cc1OC(C)=O.CNCCNC. The molecule has 0 bridgehead atoms. The number of rotatable bonds is 15. The van der Waals surface area contributed by atoms with E-state index in [9.17, 15) is 33.6 Å². The zero-order valence-electron chi connectivity index (χ0n) is 33.9. The highest BCUT2D eigenvalue weighted by Gasteiger charge is 2.34. The van der Waals surface area contributed by atoms with Gasteiger partial charge in [0.2, 0.25) is 0 Å². The van der Waals surface area contributed by atoms with E-state index in [1.807, 2.05) is 23.9 Å². The predicted molar refractivity (Wildman–Crippen MR) is 209 cm³/mol. The molecule has 1 saturated heterocycles. The quantitative estimate of drug-likeness (QED) is 0.0979. The largest absolute Gasteiger partial charge is 0.423 e. The molecule has 2 N–H and O–H groups in total. The molecule has 0 amide bonds. The number of likely N-dealkylation sites (N-methyl/N-ethyl adjacent to an activating group) is 2. The van der Waals surface area contributed by atoms with Gasteiger partial charge in [0.15, 0.2) is 40.3 Å². The van der Waals surface area contributed by atoms with Gasteiger partial charge in [0.25, 0.3) is 0 Å². The molecule has 1 aliphatic rings. The third kappa shape index (κ3) is 15.2. The lowest BCUT2D eigenvalue weighted by Gasteiger charge is -2.41. The fraction of sp³-hybridized carbons (Fsp3) is 0.390. The Kier molecular flexibility index (Phi) is 18.1. The Morgan fingerprint density at radius 1 is 0.517 bits per heavy atom. The lowest BCUT2D eigenvalue weighted by Crippen LogP contribution is -2.55. The first-order valence-corrected chi connectivity index (χ1v) is 18.3. The highest BCUT2D eigenvalue weighted by molar-refractivity contribution is 6.01. The highest BCUT2D eigenvalue weighted by atomic mass is 16.6.